The molecule has 0 atom stereocenters. The van der Waals surface area contributed by atoms with Gasteiger partial charge in [-0.05, 0) is 6.07 Å². The molecular formula is C12H11FN4O3. The topological polar surface area (TPSA) is 90.1 Å². The van der Waals surface area contributed by atoms with Gasteiger partial charge in [-0.1, -0.05) is 18.2 Å². The highest BCUT2D eigenvalue weighted by Gasteiger charge is 2.11. The molecule has 0 saturated heterocycles. The first-order valence-corrected chi connectivity index (χ1v) is 5.73. The summed E-state index contributed by atoms with van der Waals surface area (Å²) in [6, 6.07) is 6.09. The van der Waals surface area contributed by atoms with Gasteiger partial charge >= 0.3 is 5.69 Å². The highest BCUT2D eigenvalue weighted by molar-refractivity contribution is 5.75. The molecule has 20 heavy (non-hydrogen) atoms. The van der Waals surface area contributed by atoms with E-state index in [9.17, 15) is 19.3 Å². The summed E-state index contributed by atoms with van der Waals surface area (Å²) in [4.78, 5) is 21.5. The van der Waals surface area contributed by atoms with Gasteiger partial charge in [-0.15, -0.1) is 0 Å². The van der Waals surface area contributed by atoms with Crippen LogP contribution in [0.2, 0.25) is 0 Å². The molecule has 2 aromatic rings. The van der Waals surface area contributed by atoms with E-state index in [1.54, 1.807) is 18.2 Å². The van der Waals surface area contributed by atoms with E-state index in [2.05, 4.69) is 10.4 Å². The summed E-state index contributed by atoms with van der Waals surface area (Å²) < 4.78 is 14.5. The number of nitrogens with zero attached hydrogens (tertiary/aromatic N) is 3. The van der Waals surface area contributed by atoms with Crippen molar-refractivity contribution >= 4 is 11.6 Å². The van der Waals surface area contributed by atoms with Crippen molar-refractivity contribution in [3.63, 3.8) is 0 Å². The van der Waals surface area contributed by atoms with Gasteiger partial charge < -0.3 is 5.32 Å². The van der Waals surface area contributed by atoms with E-state index in [1.807, 2.05) is 0 Å². The number of halogens is 1. The van der Waals surface area contributed by atoms with E-state index in [4.69, 9.17) is 0 Å². The first kappa shape index (κ1) is 13.7. The quantitative estimate of drug-likeness (QED) is 0.658. The van der Waals surface area contributed by atoms with Crippen LogP contribution < -0.4 is 5.32 Å². The second-order valence-corrected chi connectivity index (χ2v) is 4.02. The molecule has 104 valence electrons. The van der Waals surface area contributed by atoms with Crippen LogP contribution in [0.4, 0.5) is 10.1 Å². The van der Waals surface area contributed by atoms with Gasteiger partial charge in [0.15, 0.2) is 0 Å². The van der Waals surface area contributed by atoms with E-state index in [1.165, 1.54) is 6.07 Å². The third-order valence-corrected chi connectivity index (χ3v) is 2.57. The molecule has 0 aliphatic rings. The number of nitrogens with one attached hydrogen (secondary N) is 1. The summed E-state index contributed by atoms with van der Waals surface area (Å²) in [6.45, 7) is -0.114. The van der Waals surface area contributed by atoms with Crippen molar-refractivity contribution in [2.24, 2.45) is 0 Å². The second kappa shape index (κ2) is 5.91. The van der Waals surface area contributed by atoms with Crippen LogP contribution in [0.5, 0.6) is 0 Å². The predicted octanol–water partition coefficient (Wildman–Crippen LogP) is 1.25. The molecule has 0 aliphatic heterocycles. The molecule has 0 radical (unpaired) electrons. The predicted molar refractivity (Wildman–Crippen MR) is 67.1 cm³/mol. The Morgan fingerprint density at radius 1 is 1.45 bits per heavy atom. The molecule has 2 rings (SSSR count). The number of hydrogen-bond donors (Lipinski definition) is 1. The number of carbonyl (C=O) groups excluding carboxylic acids is 1. The third kappa shape index (κ3) is 3.37. The Hall–Kier alpha value is -2.77. The van der Waals surface area contributed by atoms with Gasteiger partial charge in [-0.3, -0.25) is 19.6 Å². The molecule has 1 heterocycles. The normalized spacial score (nSPS) is 10.2. The van der Waals surface area contributed by atoms with Gasteiger partial charge in [0.2, 0.25) is 5.91 Å². The molecule has 0 bridgehead atoms. The van der Waals surface area contributed by atoms with E-state index in [0.717, 1.165) is 17.1 Å². The Balaban J connectivity index is 1.89. The molecule has 7 nitrogen and oxygen atoms in total. The Morgan fingerprint density at radius 3 is 2.85 bits per heavy atom. The molecule has 1 N–H and O–H groups in total. The summed E-state index contributed by atoms with van der Waals surface area (Å²) in [5, 5.41) is 16.7. The lowest BCUT2D eigenvalue weighted by Gasteiger charge is -2.06. The average Bonchev–Trinajstić information content (AvgIpc) is 2.86. The average molecular weight is 278 g/mol. The second-order valence-electron chi connectivity index (χ2n) is 4.02. The Labute approximate surface area is 113 Å². The molecule has 0 fully saturated rings. The lowest BCUT2D eigenvalue weighted by atomic mass is 10.2. The number of hydrogen-bond acceptors (Lipinski definition) is 4. The van der Waals surface area contributed by atoms with Gasteiger partial charge in [0.05, 0.1) is 4.92 Å². The SMILES string of the molecule is O=C(Cn1cc([N+](=O)[O-])cn1)NCc1ccccc1F. The lowest BCUT2D eigenvalue weighted by molar-refractivity contribution is -0.385. The van der Waals surface area contributed by atoms with Crippen LogP contribution >= 0.6 is 0 Å². The maximum Gasteiger partial charge on any atom is 0.307 e. The third-order valence-electron chi connectivity index (χ3n) is 2.57. The molecule has 0 spiro atoms. The van der Waals surface area contributed by atoms with E-state index in [0.29, 0.717) is 5.56 Å². The first-order chi connectivity index (χ1) is 9.56. The van der Waals surface area contributed by atoms with Gasteiger partial charge in [0.25, 0.3) is 0 Å². The van der Waals surface area contributed by atoms with Crippen LogP contribution in [0, 0.1) is 15.9 Å². The minimum atomic E-state index is -0.596. The van der Waals surface area contributed by atoms with Crippen molar-refractivity contribution in [1.82, 2.24) is 15.1 Å². The molecule has 1 amide bonds. The maximum absolute atomic E-state index is 13.3. The summed E-state index contributed by atoms with van der Waals surface area (Å²) in [5.41, 5.74) is 0.180. The molecule has 1 aromatic carbocycles. The van der Waals surface area contributed by atoms with E-state index >= 15 is 0 Å². The smallest absolute Gasteiger partial charge is 0.307 e. The number of amides is 1. The largest absolute Gasteiger partial charge is 0.350 e. The van der Waals surface area contributed by atoms with E-state index in [-0.39, 0.29) is 18.8 Å². The monoisotopic (exact) mass is 278 g/mol. The van der Waals surface area contributed by atoms with Crippen molar-refractivity contribution in [3.05, 3.63) is 58.2 Å². The molecule has 1 aromatic heterocycles. The van der Waals surface area contributed by atoms with Crippen LogP contribution in [-0.2, 0) is 17.9 Å². The number of rotatable bonds is 5. The Kier molecular flexibility index (Phi) is 4.04. The molecular weight excluding hydrogens is 267 g/mol. The van der Waals surface area contributed by atoms with Crippen molar-refractivity contribution in [2.75, 3.05) is 0 Å². The van der Waals surface area contributed by atoms with Crippen LogP contribution in [0.3, 0.4) is 0 Å². The van der Waals surface area contributed by atoms with Crippen LogP contribution in [0.25, 0.3) is 0 Å². The zero-order valence-corrected chi connectivity index (χ0v) is 10.3. The highest BCUT2D eigenvalue weighted by atomic mass is 19.1. The Morgan fingerprint density at radius 2 is 2.20 bits per heavy atom. The maximum atomic E-state index is 13.3. The van der Waals surface area contributed by atoms with Crippen molar-refractivity contribution in [1.29, 1.82) is 0 Å². The summed E-state index contributed by atoms with van der Waals surface area (Å²) >= 11 is 0. The number of aromatic nitrogens is 2. The number of nitro groups is 1. The van der Waals surface area contributed by atoms with Crippen molar-refractivity contribution in [2.45, 2.75) is 13.1 Å². The zero-order chi connectivity index (χ0) is 14.5. The van der Waals surface area contributed by atoms with Crippen molar-refractivity contribution in [3.8, 4) is 0 Å². The number of benzene rings is 1. The Bertz CT molecular complexity index is 641. The minimum Gasteiger partial charge on any atom is -0.350 e. The summed E-state index contributed by atoms with van der Waals surface area (Å²) in [7, 11) is 0. The minimum absolute atomic E-state index is 0.0505. The first-order valence-electron chi connectivity index (χ1n) is 5.73. The van der Waals surface area contributed by atoms with E-state index < -0.39 is 16.6 Å². The molecule has 0 unspecified atom stereocenters. The van der Waals surface area contributed by atoms with Crippen LogP contribution in [0.1, 0.15) is 5.56 Å². The van der Waals surface area contributed by atoms with Gasteiger partial charge in [-0.2, -0.15) is 5.10 Å². The molecule has 8 heteroatoms. The summed E-state index contributed by atoms with van der Waals surface area (Å²) in [5.74, 6) is -0.811. The molecule has 0 saturated carbocycles. The van der Waals surface area contributed by atoms with Gasteiger partial charge in [-0.25, -0.2) is 4.39 Å². The highest BCUT2D eigenvalue weighted by Crippen LogP contribution is 2.08. The fraction of sp³-hybridized carbons (Fsp3) is 0.167. The van der Waals surface area contributed by atoms with Gasteiger partial charge in [0.1, 0.15) is 24.8 Å². The van der Waals surface area contributed by atoms with Crippen molar-refractivity contribution < 1.29 is 14.1 Å². The zero-order valence-electron chi connectivity index (χ0n) is 10.3. The van der Waals surface area contributed by atoms with Gasteiger partial charge in [0, 0.05) is 12.1 Å². The lowest BCUT2D eigenvalue weighted by Crippen LogP contribution is -2.27. The van der Waals surface area contributed by atoms with Crippen LogP contribution in [0.15, 0.2) is 36.7 Å². The number of carbonyl (C=O) groups is 1. The summed E-state index contributed by atoms with van der Waals surface area (Å²) in [6.07, 6.45) is 2.22. The fourth-order valence-electron chi connectivity index (χ4n) is 1.57. The molecule has 0 aliphatic carbocycles. The fourth-order valence-corrected chi connectivity index (χ4v) is 1.57. The standard InChI is InChI=1S/C12H11FN4O3/c13-11-4-2-1-3-9(11)5-14-12(18)8-16-7-10(6-15-16)17(19)20/h1-4,6-7H,5,8H2,(H,14,18). The van der Waals surface area contributed by atoms with Crippen LogP contribution in [-0.4, -0.2) is 20.6 Å².